The summed E-state index contributed by atoms with van der Waals surface area (Å²) in [6.45, 7) is 4.65. The monoisotopic (exact) mass is 501 g/mol. The fourth-order valence-corrected chi connectivity index (χ4v) is 4.88. The standard InChI is InChI=1S/C28H35N7O2/c1-34-19-21-3-2-4-23(17-21)33-27-18-26(30-20-31-27)32-22-5-7-25(8-6-22)37-16-12-29-28(36)11-15-35-13-9-24(34)10-14-35/h2-8,17-18,20,24H,9-16,19H2,1H3,(H,29,36)(H2,30,31,32,33). The maximum absolute atomic E-state index is 12.3. The van der Waals surface area contributed by atoms with Crippen LogP contribution < -0.4 is 20.7 Å². The first kappa shape index (κ1) is 25.0. The van der Waals surface area contributed by atoms with Crippen LogP contribution in [0, 0.1) is 0 Å². The third-order valence-corrected chi connectivity index (χ3v) is 6.95. The summed E-state index contributed by atoms with van der Waals surface area (Å²) in [6.07, 6.45) is 4.29. The quantitative estimate of drug-likeness (QED) is 0.429. The topological polar surface area (TPSA) is 94.6 Å². The SMILES string of the molecule is CN1Cc2cccc(c2)Nc2cc(ncn2)Nc2ccc(cc2)OCCNC(=O)CCN2CCC1CC2. The zero-order valence-electron chi connectivity index (χ0n) is 21.3. The van der Waals surface area contributed by atoms with Gasteiger partial charge in [-0.3, -0.25) is 9.69 Å². The summed E-state index contributed by atoms with van der Waals surface area (Å²) >= 11 is 0. The highest BCUT2D eigenvalue weighted by molar-refractivity contribution is 5.76. The smallest absolute Gasteiger partial charge is 0.221 e. The first-order chi connectivity index (χ1) is 18.1. The van der Waals surface area contributed by atoms with E-state index in [2.05, 4.69) is 67.0 Å². The molecule has 0 spiro atoms. The van der Waals surface area contributed by atoms with Crippen molar-refractivity contribution in [3.63, 3.8) is 0 Å². The summed E-state index contributed by atoms with van der Waals surface area (Å²) in [5, 5.41) is 9.70. The Bertz CT molecular complexity index is 1180. The second kappa shape index (κ2) is 12.0. The molecule has 0 radical (unpaired) electrons. The molecule has 1 aromatic heterocycles. The number of hydrogen-bond acceptors (Lipinski definition) is 8. The van der Waals surface area contributed by atoms with Crippen molar-refractivity contribution in [3.05, 3.63) is 66.5 Å². The van der Waals surface area contributed by atoms with E-state index in [1.54, 1.807) is 6.33 Å². The first-order valence-electron chi connectivity index (χ1n) is 13.0. The number of anilines is 4. The van der Waals surface area contributed by atoms with Crippen molar-refractivity contribution in [2.24, 2.45) is 0 Å². The third kappa shape index (κ3) is 7.18. The molecule has 1 fully saturated rings. The molecule has 2 aromatic carbocycles. The van der Waals surface area contributed by atoms with Crippen LogP contribution in [0.15, 0.2) is 60.9 Å². The van der Waals surface area contributed by atoms with Gasteiger partial charge < -0.3 is 25.6 Å². The van der Waals surface area contributed by atoms with Gasteiger partial charge in [0.2, 0.25) is 5.91 Å². The third-order valence-electron chi connectivity index (χ3n) is 6.95. The van der Waals surface area contributed by atoms with Gasteiger partial charge in [0.25, 0.3) is 0 Å². The highest BCUT2D eigenvalue weighted by Gasteiger charge is 2.23. The molecule has 194 valence electrons. The van der Waals surface area contributed by atoms with Crippen LogP contribution in [0.4, 0.5) is 23.0 Å². The molecule has 9 nitrogen and oxygen atoms in total. The molecule has 0 saturated carbocycles. The van der Waals surface area contributed by atoms with E-state index in [-0.39, 0.29) is 5.91 Å². The van der Waals surface area contributed by atoms with Crippen molar-refractivity contribution in [1.29, 1.82) is 0 Å². The summed E-state index contributed by atoms with van der Waals surface area (Å²) < 4.78 is 5.79. The van der Waals surface area contributed by atoms with E-state index < -0.39 is 0 Å². The molecule has 1 saturated heterocycles. The van der Waals surface area contributed by atoms with Crippen LogP contribution in [0.5, 0.6) is 5.75 Å². The lowest BCUT2D eigenvalue weighted by Crippen LogP contribution is -2.44. The molecular weight excluding hydrogens is 466 g/mol. The molecule has 37 heavy (non-hydrogen) atoms. The molecule has 5 aliphatic heterocycles. The van der Waals surface area contributed by atoms with E-state index in [9.17, 15) is 4.79 Å². The van der Waals surface area contributed by atoms with Crippen molar-refractivity contribution >= 4 is 28.9 Å². The Morgan fingerprint density at radius 2 is 1.68 bits per heavy atom. The number of amides is 1. The fraction of sp³-hybridized carbons (Fsp3) is 0.393. The number of aromatic nitrogens is 2. The average molecular weight is 502 g/mol. The Morgan fingerprint density at radius 1 is 0.919 bits per heavy atom. The molecule has 8 rings (SSSR count). The van der Waals surface area contributed by atoms with Gasteiger partial charge in [0.05, 0.1) is 6.54 Å². The van der Waals surface area contributed by atoms with Crippen LogP contribution in [0.3, 0.4) is 0 Å². The summed E-state index contributed by atoms with van der Waals surface area (Å²) in [4.78, 5) is 25.9. The number of hydrogen-bond donors (Lipinski definition) is 3. The summed E-state index contributed by atoms with van der Waals surface area (Å²) in [5.74, 6) is 2.25. The minimum atomic E-state index is 0.0747. The molecule has 0 aliphatic carbocycles. The highest BCUT2D eigenvalue weighted by atomic mass is 16.5. The molecule has 5 aliphatic rings. The van der Waals surface area contributed by atoms with Gasteiger partial charge in [0.15, 0.2) is 0 Å². The Kier molecular flexibility index (Phi) is 8.12. The van der Waals surface area contributed by atoms with E-state index in [4.69, 9.17) is 4.74 Å². The van der Waals surface area contributed by atoms with Crippen molar-refractivity contribution in [2.45, 2.75) is 31.8 Å². The molecule has 9 heteroatoms. The highest BCUT2D eigenvalue weighted by Crippen LogP contribution is 2.23. The summed E-state index contributed by atoms with van der Waals surface area (Å²) in [6, 6.07) is 18.6. The minimum Gasteiger partial charge on any atom is -0.492 e. The normalized spacial score (nSPS) is 21.5. The summed E-state index contributed by atoms with van der Waals surface area (Å²) in [5.41, 5.74) is 3.15. The fourth-order valence-electron chi connectivity index (χ4n) is 4.88. The lowest BCUT2D eigenvalue weighted by molar-refractivity contribution is -0.121. The van der Waals surface area contributed by atoms with E-state index in [1.807, 2.05) is 30.3 Å². The zero-order valence-corrected chi connectivity index (χ0v) is 21.3. The average Bonchev–Trinajstić information content (AvgIpc) is 2.91. The van der Waals surface area contributed by atoms with Crippen LogP contribution in [0.1, 0.15) is 24.8 Å². The Morgan fingerprint density at radius 3 is 2.46 bits per heavy atom. The summed E-state index contributed by atoms with van der Waals surface area (Å²) in [7, 11) is 2.21. The molecule has 3 N–H and O–H groups in total. The lowest BCUT2D eigenvalue weighted by Gasteiger charge is -2.36. The van der Waals surface area contributed by atoms with Gasteiger partial charge in [0, 0.05) is 43.0 Å². The molecule has 0 atom stereocenters. The van der Waals surface area contributed by atoms with Crippen LogP contribution >= 0.6 is 0 Å². The van der Waals surface area contributed by atoms with Gasteiger partial charge in [0.1, 0.15) is 30.3 Å². The predicted molar refractivity (Wildman–Crippen MR) is 146 cm³/mol. The van der Waals surface area contributed by atoms with E-state index in [1.165, 1.54) is 5.56 Å². The van der Waals surface area contributed by atoms with Gasteiger partial charge in [-0.1, -0.05) is 12.1 Å². The van der Waals surface area contributed by atoms with Crippen LogP contribution in [-0.2, 0) is 11.3 Å². The second-order valence-electron chi connectivity index (χ2n) is 9.70. The van der Waals surface area contributed by atoms with Gasteiger partial charge >= 0.3 is 0 Å². The van der Waals surface area contributed by atoms with Crippen molar-refractivity contribution in [3.8, 4) is 5.75 Å². The van der Waals surface area contributed by atoms with E-state index in [0.29, 0.717) is 31.4 Å². The number of rotatable bonds is 0. The van der Waals surface area contributed by atoms with E-state index in [0.717, 1.165) is 62.0 Å². The Labute approximate surface area is 218 Å². The van der Waals surface area contributed by atoms with Crippen LogP contribution in [-0.4, -0.2) is 71.6 Å². The number of carbonyl (C=O) groups is 1. The molecule has 3 aromatic rings. The van der Waals surface area contributed by atoms with E-state index >= 15 is 0 Å². The molecule has 0 unspecified atom stereocenters. The largest absolute Gasteiger partial charge is 0.492 e. The number of carbonyl (C=O) groups excluding carboxylic acids is 1. The maximum atomic E-state index is 12.3. The van der Waals surface area contributed by atoms with Gasteiger partial charge in [-0.15, -0.1) is 0 Å². The van der Waals surface area contributed by atoms with Gasteiger partial charge in [-0.2, -0.15) is 0 Å². The Balaban J connectivity index is 1.31. The first-order valence-corrected chi connectivity index (χ1v) is 13.0. The molecule has 1 amide bonds. The number of nitrogens with one attached hydrogen (secondary N) is 3. The lowest BCUT2D eigenvalue weighted by atomic mass is 10.0. The van der Waals surface area contributed by atoms with Crippen LogP contribution in [0.2, 0.25) is 0 Å². The predicted octanol–water partition coefficient (Wildman–Crippen LogP) is 3.76. The van der Waals surface area contributed by atoms with Crippen molar-refractivity contribution in [2.75, 3.05) is 50.5 Å². The minimum absolute atomic E-state index is 0.0747. The molecular formula is C28H35N7O2. The molecule has 8 bridgehead atoms. The van der Waals surface area contributed by atoms with Gasteiger partial charge in [-0.05, 0) is 74.9 Å². The number of benzene rings is 2. The van der Waals surface area contributed by atoms with Crippen LogP contribution in [0.25, 0.3) is 0 Å². The second-order valence-corrected chi connectivity index (χ2v) is 9.70. The molecule has 6 heterocycles. The zero-order chi connectivity index (χ0) is 25.5. The number of piperidine rings is 1. The number of ether oxygens (including phenoxy) is 1. The maximum Gasteiger partial charge on any atom is 0.221 e. The van der Waals surface area contributed by atoms with Crippen molar-refractivity contribution < 1.29 is 9.53 Å². The van der Waals surface area contributed by atoms with Crippen molar-refractivity contribution in [1.82, 2.24) is 25.1 Å². The Hall–Kier alpha value is -3.69. The number of nitrogens with zero attached hydrogens (tertiary/aromatic N) is 4. The van der Waals surface area contributed by atoms with Gasteiger partial charge in [-0.25, -0.2) is 9.97 Å².